The normalized spacial score (nSPS) is 19.7. The highest BCUT2D eigenvalue weighted by molar-refractivity contribution is 6.34. The number of hydrogen-bond acceptors (Lipinski definition) is 1. The minimum Gasteiger partial charge on any atom is -0.322 e. The summed E-state index contributed by atoms with van der Waals surface area (Å²) in [6, 6.07) is 12.0. The molecule has 3 N–H and O–H groups in total. The zero-order chi connectivity index (χ0) is 19.4. The molecule has 1 fully saturated rings. The Balaban J connectivity index is 1.47. The van der Waals surface area contributed by atoms with E-state index in [4.69, 9.17) is 23.2 Å². The van der Waals surface area contributed by atoms with Gasteiger partial charge in [-0.1, -0.05) is 41.4 Å². The van der Waals surface area contributed by atoms with Crippen molar-refractivity contribution in [1.29, 1.82) is 0 Å². The largest absolute Gasteiger partial charge is 0.322 e. The van der Waals surface area contributed by atoms with Gasteiger partial charge in [0, 0.05) is 10.6 Å². The number of amides is 1. The fraction of sp³-hybridized carbons (Fsp3) is 0.381. The molecule has 1 aliphatic heterocycles. The van der Waals surface area contributed by atoms with Crippen molar-refractivity contribution < 1.29 is 14.6 Å². The summed E-state index contributed by atoms with van der Waals surface area (Å²) in [5.41, 5.74) is 4.14. The Kier molecular flexibility index (Phi) is 6.77. The Labute approximate surface area is 171 Å². The highest BCUT2D eigenvalue weighted by Crippen LogP contribution is 2.27. The minimum absolute atomic E-state index is 0.0278. The lowest BCUT2D eigenvalue weighted by atomic mass is 10.1. The predicted octanol–water partition coefficient (Wildman–Crippen LogP) is 1.53. The average molecular weight is 408 g/mol. The zero-order valence-electron chi connectivity index (χ0n) is 15.9. The maximum atomic E-state index is 12.5. The van der Waals surface area contributed by atoms with Gasteiger partial charge in [0.05, 0.1) is 10.7 Å². The Hall–Kier alpha value is -1.59. The molecule has 0 aromatic heterocycles. The lowest BCUT2D eigenvalue weighted by Gasteiger charge is -2.29. The molecule has 1 heterocycles. The molecular weight excluding hydrogens is 381 g/mol. The monoisotopic (exact) mass is 407 g/mol. The third kappa shape index (κ3) is 5.69. The second-order valence-electron chi connectivity index (χ2n) is 7.47. The lowest BCUT2D eigenvalue weighted by Crippen LogP contribution is -3.28. The summed E-state index contributed by atoms with van der Waals surface area (Å²) >= 11 is 12.2. The van der Waals surface area contributed by atoms with Gasteiger partial charge in [0.25, 0.3) is 5.91 Å². The van der Waals surface area contributed by atoms with E-state index in [-0.39, 0.29) is 5.91 Å². The zero-order valence-corrected chi connectivity index (χ0v) is 17.4. The van der Waals surface area contributed by atoms with E-state index in [1.807, 2.05) is 38.1 Å². The molecule has 1 amide bonds. The smallest absolute Gasteiger partial charge is 0.279 e. The van der Waals surface area contributed by atoms with Crippen molar-refractivity contribution in [1.82, 2.24) is 0 Å². The van der Waals surface area contributed by atoms with Crippen LogP contribution in [-0.4, -0.2) is 38.6 Å². The summed E-state index contributed by atoms with van der Waals surface area (Å²) < 4.78 is 0. The van der Waals surface area contributed by atoms with Crippen LogP contribution in [0.2, 0.25) is 10.0 Å². The first-order chi connectivity index (χ1) is 12.9. The molecule has 2 aromatic carbocycles. The number of nitrogens with one attached hydrogen (secondary N) is 3. The lowest BCUT2D eigenvalue weighted by molar-refractivity contribution is -1.02. The number of quaternary nitrogens is 2. The molecule has 1 saturated heterocycles. The van der Waals surface area contributed by atoms with E-state index in [1.165, 1.54) is 10.5 Å². The molecule has 0 radical (unpaired) electrons. The molecule has 0 unspecified atom stereocenters. The van der Waals surface area contributed by atoms with Gasteiger partial charge < -0.3 is 15.1 Å². The maximum Gasteiger partial charge on any atom is 0.279 e. The van der Waals surface area contributed by atoms with Crippen molar-refractivity contribution in [3.63, 3.8) is 0 Å². The van der Waals surface area contributed by atoms with Crippen LogP contribution in [0.3, 0.4) is 0 Å². The number of carbonyl (C=O) groups excluding carboxylic acids is 1. The maximum absolute atomic E-state index is 12.5. The SMILES string of the molecule is Cc1cc(C)c(NC(=O)C[NH+]2CC[NH+](Cc3ccc(Cl)cc3)CC2)c(Cl)c1. The van der Waals surface area contributed by atoms with Crippen LogP contribution in [0, 0.1) is 13.8 Å². The first-order valence-corrected chi connectivity index (χ1v) is 10.1. The predicted molar refractivity (Wildman–Crippen MR) is 111 cm³/mol. The second kappa shape index (κ2) is 9.07. The van der Waals surface area contributed by atoms with Gasteiger partial charge in [-0.05, 0) is 43.2 Å². The fourth-order valence-corrected chi connectivity index (χ4v) is 4.18. The fourth-order valence-electron chi connectivity index (χ4n) is 3.69. The highest BCUT2D eigenvalue weighted by Gasteiger charge is 2.25. The molecule has 27 heavy (non-hydrogen) atoms. The molecule has 0 aliphatic carbocycles. The minimum atomic E-state index is 0.0278. The number of halogens is 2. The number of rotatable bonds is 5. The quantitative estimate of drug-likeness (QED) is 0.690. The van der Waals surface area contributed by atoms with Crippen LogP contribution in [0.5, 0.6) is 0 Å². The van der Waals surface area contributed by atoms with Crippen LogP contribution in [0.4, 0.5) is 5.69 Å². The van der Waals surface area contributed by atoms with E-state index in [0.29, 0.717) is 11.6 Å². The van der Waals surface area contributed by atoms with E-state index in [9.17, 15) is 4.79 Å². The third-order valence-corrected chi connectivity index (χ3v) is 5.69. The van der Waals surface area contributed by atoms with E-state index in [1.54, 1.807) is 4.90 Å². The molecule has 6 heteroatoms. The first-order valence-electron chi connectivity index (χ1n) is 9.39. The van der Waals surface area contributed by atoms with Crippen molar-refractivity contribution in [3.05, 3.63) is 63.1 Å². The molecular formula is C21H27Cl2N3O+2. The molecule has 0 atom stereocenters. The molecule has 1 aliphatic rings. The van der Waals surface area contributed by atoms with Gasteiger partial charge in [0.15, 0.2) is 6.54 Å². The molecule has 4 nitrogen and oxygen atoms in total. The number of piperazine rings is 1. The molecule has 144 valence electrons. The summed E-state index contributed by atoms with van der Waals surface area (Å²) in [5, 5.41) is 4.38. The number of hydrogen-bond donors (Lipinski definition) is 3. The van der Waals surface area contributed by atoms with Crippen LogP contribution in [-0.2, 0) is 11.3 Å². The van der Waals surface area contributed by atoms with Gasteiger partial charge in [-0.25, -0.2) is 0 Å². The molecule has 2 aromatic rings. The van der Waals surface area contributed by atoms with E-state index in [0.717, 1.165) is 54.6 Å². The van der Waals surface area contributed by atoms with Crippen LogP contribution in [0.1, 0.15) is 16.7 Å². The Morgan fingerprint density at radius 1 is 1.00 bits per heavy atom. The topological polar surface area (TPSA) is 38.0 Å². The van der Waals surface area contributed by atoms with Crippen LogP contribution >= 0.6 is 23.2 Å². The van der Waals surface area contributed by atoms with Crippen LogP contribution < -0.4 is 15.1 Å². The number of aryl methyl sites for hydroxylation is 2. The summed E-state index contributed by atoms with van der Waals surface area (Å²) in [6.45, 7) is 9.59. The number of benzene rings is 2. The van der Waals surface area contributed by atoms with E-state index >= 15 is 0 Å². The Morgan fingerprint density at radius 3 is 2.26 bits per heavy atom. The molecule has 3 rings (SSSR count). The third-order valence-electron chi connectivity index (χ3n) is 5.14. The summed E-state index contributed by atoms with van der Waals surface area (Å²) in [5.74, 6) is 0.0278. The van der Waals surface area contributed by atoms with Crippen LogP contribution in [0.15, 0.2) is 36.4 Å². The van der Waals surface area contributed by atoms with Gasteiger partial charge in [-0.2, -0.15) is 0 Å². The van der Waals surface area contributed by atoms with E-state index < -0.39 is 0 Å². The number of anilines is 1. The highest BCUT2D eigenvalue weighted by atomic mass is 35.5. The van der Waals surface area contributed by atoms with Crippen molar-refractivity contribution >= 4 is 34.8 Å². The molecule has 0 spiro atoms. The molecule has 0 bridgehead atoms. The van der Waals surface area contributed by atoms with Crippen molar-refractivity contribution in [3.8, 4) is 0 Å². The van der Waals surface area contributed by atoms with E-state index in [2.05, 4.69) is 17.4 Å². The molecule has 0 saturated carbocycles. The Bertz CT molecular complexity index is 777. The van der Waals surface area contributed by atoms with Crippen molar-refractivity contribution in [2.24, 2.45) is 0 Å². The second-order valence-corrected chi connectivity index (χ2v) is 8.31. The van der Waals surface area contributed by atoms with Crippen LogP contribution in [0.25, 0.3) is 0 Å². The summed E-state index contributed by atoms with van der Waals surface area (Å²) in [4.78, 5) is 15.3. The van der Waals surface area contributed by atoms with Gasteiger partial charge in [-0.15, -0.1) is 0 Å². The van der Waals surface area contributed by atoms with Gasteiger partial charge in [0.2, 0.25) is 0 Å². The van der Waals surface area contributed by atoms with Crippen molar-refractivity contribution in [2.45, 2.75) is 20.4 Å². The standard InChI is InChI=1S/C21H25Cl2N3O/c1-15-11-16(2)21(19(23)12-15)24-20(27)14-26-9-7-25(8-10-26)13-17-3-5-18(22)6-4-17/h3-6,11-12H,7-10,13-14H2,1-2H3,(H,24,27)/p+2. The van der Waals surface area contributed by atoms with Gasteiger partial charge in [-0.3, -0.25) is 4.79 Å². The number of carbonyl (C=O) groups is 1. The van der Waals surface area contributed by atoms with Gasteiger partial charge >= 0.3 is 0 Å². The summed E-state index contributed by atoms with van der Waals surface area (Å²) in [7, 11) is 0. The van der Waals surface area contributed by atoms with Gasteiger partial charge in [0.1, 0.15) is 32.7 Å². The first kappa shape index (κ1) is 20.2. The average Bonchev–Trinajstić information content (AvgIpc) is 2.62. The van der Waals surface area contributed by atoms with Crippen molar-refractivity contribution in [2.75, 3.05) is 38.0 Å². The Morgan fingerprint density at radius 2 is 1.63 bits per heavy atom. The summed E-state index contributed by atoms with van der Waals surface area (Å²) in [6.07, 6.45) is 0.